The van der Waals surface area contributed by atoms with Crippen molar-refractivity contribution >= 4 is 16.9 Å². The zero-order valence-corrected chi connectivity index (χ0v) is 15.2. The molecule has 7 nitrogen and oxygen atoms in total. The lowest BCUT2D eigenvalue weighted by Gasteiger charge is -2.20. The van der Waals surface area contributed by atoms with Crippen molar-refractivity contribution in [1.82, 2.24) is 25.1 Å². The molecular weight excluding hydrogens is 330 g/mol. The van der Waals surface area contributed by atoms with Crippen molar-refractivity contribution < 1.29 is 9.53 Å². The molecule has 0 unspecified atom stereocenters. The van der Waals surface area contributed by atoms with Crippen LogP contribution in [0.2, 0.25) is 0 Å². The van der Waals surface area contributed by atoms with E-state index in [9.17, 15) is 4.79 Å². The molecule has 4 rings (SSSR count). The van der Waals surface area contributed by atoms with Gasteiger partial charge in [0.25, 0.3) is 5.91 Å². The van der Waals surface area contributed by atoms with Crippen molar-refractivity contribution in [2.75, 3.05) is 13.2 Å². The van der Waals surface area contributed by atoms with Crippen LogP contribution in [0.4, 0.5) is 0 Å². The third kappa shape index (κ3) is 2.78. The van der Waals surface area contributed by atoms with Crippen LogP contribution >= 0.6 is 0 Å². The number of aryl methyl sites for hydroxylation is 2. The van der Waals surface area contributed by atoms with Gasteiger partial charge in [-0.1, -0.05) is 6.07 Å². The zero-order valence-electron chi connectivity index (χ0n) is 15.2. The molecule has 2 atom stereocenters. The topological polar surface area (TPSA) is 84.8 Å². The van der Waals surface area contributed by atoms with Crippen LogP contribution in [-0.4, -0.2) is 38.8 Å². The summed E-state index contributed by atoms with van der Waals surface area (Å²) in [6.07, 6.45) is 2.51. The average molecular weight is 353 g/mol. The van der Waals surface area contributed by atoms with E-state index in [1.165, 1.54) is 0 Å². The number of nitrogens with zero attached hydrogens (tertiary/aromatic N) is 3. The van der Waals surface area contributed by atoms with Crippen molar-refractivity contribution in [3.63, 3.8) is 0 Å². The van der Waals surface area contributed by atoms with Crippen molar-refractivity contribution in [2.24, 2.45) is 13.0 Å². The normalized spacial score (nSPS) is 20.0. The number of nitrogens with one attached hydrogen (secondary N) is 2. The number of carbonyl (C=O) groups is 1. The fourth-order valence-corrected chi connectivity index (χ4v) is 3.83. The Morgan fingerprint density at radius 3 is 3.04 bits per heavy atom. The Bertz CT molecular complexity index is 958. The fraction of sp³-hybridized carbons (Fsp3) is 0.421. The molecule has 0 bridgehead atoms. The monoisotopic (exact) mass is 353 g/mol. The van der Waals surface area contributed by atoms with Crippen molar-refractivity contribution in [2.45, 2.75) is 26.4 Å². The summed E-state index contributed by atoms with van der Waals surface area (Å²) in [5.74, 6) is 0.131. The van der Waals surface area contributed by atoms with Gasteiger partial charge in [0, 0.05) is 37.4 Å². The summed E-state index contributed by atoms with van der Waals surface area (Å²) in [6.45, 7) is 5.34. The second-order valence-corrected chi connectivity index (χ2v) is 6.86. The van der Waals surface area contributed by atoms with Gasteiger partial charge in [-0.05, 0) is 32.4 Å². The molecule has 0 saturated carbocycles. The molecule has 7 heteroatoms. The van der Waals surface area contributed by atoms with Crippen molar-refractivity contribution in [1.29, 1.82) is 0 Å². The molecule has 1 aliphatic heterocycles. The minimum absolute atomic E-state index is 0.0230. The molecule has 0 aliphatic carbocycles. The number of ether oxygens (including phenoxy) is 1. The summed E-state index contributed by atoms with van der Waals surface area (Å²) in [6, 6.07) is 5.57. The van der Waals surface area contributed by atoms with E-state index in [0.717, 1.165) is 28.9 Å². The molecule has 1 aliphatic rings. The van der Waals surface area contributed by atoms with Crippen LogP contribution in [-0.2, 0) is 11.8 Å². The number of rotatable bonds is 4. The molecule has 26 heavy (non-hydrogen) atoms. The van der Waals surface area contributed by atoms with Crippen LogP contribution in [0.1, 0.15) is 39.8 Å². The quantitative estimate of drug-likeness (QED) is 0.754. The number of benzene rings is 1. The molecule has 0 spiro atoms. The van der Waals surface area contributed by atoms with E-state index in [4.69, 9.17) is 4.74 Å². The summed E-state index contributed by atoms with van der Waals surface area (Å²) in [5, 5.41) is 7.57. The first-order valence-electron chi connectivity index (χ1n) is 8.88. The van der Waals surface area contributed by atoms with Gasteiger partial charge in [0.15, 0.2) is 0 Å². The van der Waals surface area contributed by atoms with E-state index in [2.05, 4.69) is 27.3 Å². The number of hydrogen-bond donors (Lipinski definition) is 2. The minimum Gasteiger partial charge on any atom is -0.373 e. The molecule has 3 aromatic rings. The van der Waals surface area contributed by atoms with Crippen LogP contribution in [0.15, 0.2) is 24.5 Å². The van der Waals surface area contributed by atoms with Gasteiger partial charge in [0.1, 0.15) is 5.52 Å². The van der Waals surface area contributed by atoms with E-state index in [1.54, 1.807) is 12.4 Å². The molecule has 1 aromatic carbocycles. The summed E-state index contributed by atoms with van der Waals surface area (Å²) in [4.78, 5) is 20.0. The molecule has 2 N–H and O–H groups in total. The number of amides is 1. The van der Waals surface area contributed by atoms with Gasteiger partial charge < -0.3 is 15.0 Å². The Hall–Kier alpha value is -2.67. The number of aromatic amines is 1. The van der Waals surface area contributed by atoms with Crippen LogP contribution < -0.4 is 5.32 Å². The molecule has 2 aromatic heterocycles. The molecule has 136 valence electrons. The number of imidazole rings is 1. The average Bonchev–Trinajstić information content (AvgIpc) is 3.33. The molecule has 1 fully saturated rings. The first kappa shape index (κ1) is 16.8. The second-order valence-electron chi connectivity index (χ2n) is 6.86. The molecule has 3 heterocycles. The number of para-hydroxylation sites is 1. The molecule has 1 amide bonds. The highest BCUT2D eigenvalue weighted by Crippen LogP contribution is 2.37. The standard InChI is InChI=1S/C19H23N5O2/c1-11-16(12(2)24(3)23-11)18-13(7-8-26-18)9-20-19(25)14-5-4-6-15-17(14)22-10-21-15/h4-6,10,13,18H,7-9H2,1-3H3,(H,20,25)(H,21,22)/t13-,18+/m1/s1. The Morgan fingerprint density at radius 1 is 1.42 bits per heavy atom. The summed E-state index contributed by atoms with van der Waals surface area (Å²) < 4.78 is 7.89. The van der Waals surface area contributed by atoms with Gasteiger partial charge >= 0.3 is 0 Å². The highest BCUT2D eigenvalue weighted by molar-refractivity contribution is 6.04. The zero-order chi connectivity index (χ0) is 18.3. The second kappa shape index (κ2) is 6.57. The SMILES string of the molecule is Cc1nn(C)c(C)c1[C@H]1OCC[C@@H]1CNC(=O)c1cccc2[nH]cnc12. The van der Waals surface area contributed by atoms with Gasteiger partial charge in [0.2, 0.25) is 0 Å². The van der Waals surface area contributed by atoms with Gasteiger partial charge in [-0.15, -0.1) is 0 Å². The van der Waals surface area contributed by atoms with Crippen LogP contribution in [0.3, 0.4) is 0 Å². The van der Waals surface area contributed by atoms with E-state index >= 15 is 0 Å². The lowest BCUT2D eigenvalue weighted by atomic mass is 9.94. The Balaban J connectivity index is 1.50. The first-order chi connectivity index (χ1) is 12.6. The number of carbonyl (C=O) groups excluding carboxylic acids is 1. The summed E-state index contributed by atoms with van der Waals surface area (Å²) in [5.41, 5.74) is 5.41. The van der Waals surface area contributed by atoms with Crippen LogP contribution in [0, 0.1) is 19.8 Å². The summed E-state index contributed by atoms with van der Waals surface area (Å²) >= 11 is 0. The maximum atomic E-state index is 12.7. The van der Waals surface area contributed by atoms with Gasteiger partial charge in [0.05, 0.1) is 29.2 Å². The van der Waals surface area contributed by atoms with Crippen LogP contribution in [0.25, 0.3) is 11.0 Å². The van der Waals surface area contributed by atoms with E-state index < -0.39 is 0 Å². The first-order valence-corrected chi connectivity index (χ1v) is 8.88. The number of aromatic nitrogens is 4. The van der Waals surface area contributed by atoms with Gasteiger partial charge in [-0.2, -0.15) is 5.10 Å². The highest BCUT2D eigenvalue weighted by atomic mass is 16.5. The fourth-order valence-electron chi connectivity index (χ4n) is 3.83. The van der Waals surface area contributed by atoms with Gasteiger partial charge in [-0.25, -0.2) is 4.98 Å². The summed E-state index contributed by atoms with van der Waals surface area (Å²) in [7, 11) is 1.95. The maximum absolute atomic E-state index is 12.7. The lowest BCUT2D eigenvalue weighted by Crippen LogP contribution is -2.31. The predicted octanol–water partition coefficient (Wildman–Crippen LogP) is 2.42. The predicted molar refractivity (Wildman–Crippen MR) is 97.9 cm³/mol. The molecule has 0 radical (unpaired) electrons. The largest absolute Gasteiger partial charge is 0.373 e. The van der Waals surface area contributed by atoms with E-state index in [0.29, 0.717) is 24.2 Å². The number of hydrogen-bond acceptors (Lipinski definition) is 4. The van der Waals surface area contributed by atoms with E-state index in [1.807, 2.05) is 30.8 Å². The van der Waals surface area contributed by atoms with Crippen molar-refractivity contribution in [3.05, 3.63) is 47.0 Å². The Morgan fingerprint density at radius 2 is 2.27 bits per heavy atom. The Kier molecular flexibility index (Phi) is 4.24. The highest BCUT2D eigenvalue weighted by Gasteiger charge is 2.33. The molecule has 1 saturated heterocycles. The van der Waals surface area contributed by atoms with Gasteiger partial charge in [-0.3, -0.25) is 9.48 Å². The number of fused-ring (bicyclic) bond motifs is 1. The van der Waals surface area contributed by atoms with Crippen LogP contribution in [0.5, 0.6) is 0 Å². The smallest absolute Gasteiger partial charge is 0.253 e. The lowest BCUT2D eigenvalue weighted by molar-refractivity contribution is 0.0840. The molecular formula is C19H23N5O2. The third-order valence-electron chi connectivity index (χ3n) is 5.28. The van der Waals surface area contributed by atoms with E-state index in [-0.39, 0.29) is 17.9 Å². The Labute approximate surface area is 151 Å². The number of H-pyrrole nitrogens is 1. The third-order valence-corrected chi connectivity index (χ3v) is 5.28. The minimum atomic E-state index is -0.104. The maximum Gasteiger partial charge on any atom is 0.253 e. The van der Waals surface area contributed by atoms with Crippen molar-refractivity contribution in [3.8, 4) is 0 Å².